The SMILES string of the molecule is Cc1ccc(C2=CC(C3CCCC3)=CC2)cc1C. The maximum atomic E-state index is 2.46. The van der Waals surface area contributed by atoms with Gasteiger partial charge in [-0.2, -0.15) is 0 Å². The van der Waals surface area contributed by atoms with E-state index in [9.17, 15) is 0 Å². The highest BCUT2D eigenvalue weighted by Gasteiger charge is 2.21. The van der Waals surface area contributed by atoms with Gasteiger partial charge >= 0.3 is 0 Å². The summed E-state index contributed by atoms with van der Waals surface area (Å²) in [5.41, 5.74) is 7.34. The molecular formula is C18H22. The Bertz CT molecular complexity index is 511. The molecule has 1 fully saturated rings. The third-order valence-electron chi connectivity index (χ3n) is 4.60. The van der Waals surface area contributed by atoms with Crippen molar-refractivity contribution in [1.82, 2.24) is 0 Å². The van der Waals surface area contributed by atoms with Crippen LogP contribution in [-0.4, -0.2) is 0 Å². The molecule has 0 spiro atoms. The topological polar surface area (TPSA) is 0 Å². The lowest BCUT2D eigenvalue weighted by molar-refractivity contribution is 0.658. The summed E-state index contributed by atoms with van der Waals surface area (Å²) in [6.07, 6.45) is 11.7. The molecule has 0 radical (unpaired) electrons. The van der Waals surface area contributed by atoms with E-state index in [0.29, 0.717) is 0 Å². The minimum Gasteiger partial charge on any atom is -0.0766 e. The largest absolute Gasteiger partial charge is 0.0766 e. The van der Waals surface area contributed by atoms with Gasteiger partial charge in [0.2, 0.25) is 0 Å². The fraction of sp³-hybridized carbons (Fsp3) is 0.444. The van der Waals surface area contributed by atoms with E-state index in [-0.39, 0.29) is 0 Å². The molecule has 94 valence electrons. The Labute approximate surface area is 110 Å². The molecule has 0 aliphatic heterocycles. The molecule has 1 aromatic rings. The first kappa shape index (κ1) is 11.8. The smallest absolute Gasteiger partial charge is 0.00855 e. The summed E-state index contributed by atoms with van der Waals surface area (Å²) in [4.78, 5) is 0. The van der Waals surface area contributed by atoms with Gasteiger partial charge in [0.1, 0.15) is 0 Å². The molecule has 0 bridgehead atoms. The molecule has 0 aromatic heterocycles. The molecule has 2 aliphatic rings. The summed E-state index contributed by atoms with van der Waals surface area (Å²) in [7, 11) is 0. The van der Waals surface area contributed by atoms with Gasteiger partial charge in [0.15, 0.2) is 0 Å². The van der Waals surface area contributed by atoms with E-state index in [1.807, 2.05) is 0 Å². The van der Waals surface area contributed by atoms with Crippen LogP contribution in [-0.2, 0) is 0 Å². The number of aryl methyl sites for hydroxylation is 2. The molecule has 0 heteroatoms. The molecule has 0 amide bonds. The van der Waals surface area contributed by atoms with Crippen LogP contribution in [0.3, 0.4) is 0 Å². The van der Waals surface area contributed by atoms with Crippen LogP contribution in [0, 0.1) is 19.8 Å². The van der Waals surface area contributed by atoms with Crippen LogP contribution in [0.4, 0.5) is 0 Å². The van der Waals surface area contributed by atoms with Crippen molar-refractivity contribution in [1.29, 1.82) is 0 Å². The van der Waals surface area contributed by atoms with Crippen molar-refractivity contribution in [3.05, 3.63) is 52.6 Å². The second-order valence-electron chi connectivity index (χ2n) is 5.86. The van der Waals surface area contributed by atoms with Crippen LogP contribution in [0.25, 0.3) is 5.57 Å². The zero-order valence-electron chi connectivity index (χ0n) is 11.5. The van der Waals surface area contributed by atoms with Gasteiger partial charge in [-0.15, -0.1) is 0 Å². The first-order valence-corrected chi connectivity index (χ1v) is 7.22. The van der Waals surface area contributed by atoms with E-state index in [1.54, 1.807) is 5.57 Å². The fourth-order valence-electron chi connectivity index (χ4n) is 3.23. The van der Waals surface area contributed by atoms with E-state index in [1.165, 1.54) is 47.9 Å². The Morgan fingerprint density at radius 3 is 2.50 bits per heavy atom. The summed E-state index contributed by atoms with van der Waals surface area (Å²) in [6, 6.07) is 6.87. The molecular weight excluding hydrogens is 216 g/mol. The molecule has 2 aliphatic carbocycles. The van der Waals surface area contributed by atoms with Gasteiger partial charge in [-0.05, 0) is 66.9 Å². The predicted molar refractivity (Wildman–Crippen MR) is 78.6 cm³/mol. The minimum atomic E-state index is 0.856. The fourth-order valence-corrected chi connectivity index (χ4v) is 3.23. The van der Waals surface area contributed by atoms with Crippen molar-refractivity contribution < 1.29 is 0 Å². The van der Waals surface area contributed by atoms with Gasteiger partial charge < -0.3 is 0 Å². The second kappa shape index (κ2) is 4.76. The molecule has 0 N–H and O–H groups in total. The van der Waals surface area contributed by atoms with Crippen LogP contribution in [0.5, 0.6) is 0 Å². The van der Waals surface area contributed by atoms with Crippen LogP contribution >= 0.6 is 0 Å². The number of benzene rings is 1. The molecule has 3 rings (SSSR count). The normalized spacial score (nSPS) is 20.1. The summed E-state index contributed by atoms with van der Waals surface area (Å²) in [5, 5.41) is 0. The zero-order chi connectivity index (χ0) is 12.5. The van der Waals surface area contributed by atoms with Crippen molar-refractivity contribution in [3.63, 3.8) is 0 Å². The molecule has 0 nitrogen and oxygen atoms in total. The van der Waals surface area contributed by atoms with Crippen molar-refractivity contribution >= 4 is 5.57 Å². The molecule has 1 aromatic carbocycles. The van der Waals surface area contributed by atoms with Crippen LogP contribution in [0.15, 0.2) is 35.9 Å². The highest BCUT2D eigenvalue weighted by Crippen LogP contribution is 2.38. The number of hydrogen-bond donors (Lipinski definition) is 0. The van der Waals surface area contributed by atoms with Gasteiger partial charge in [-0.1, -0.05) is 43.2 Å². The van der Waals surface area contributed by atoms with Gasteiger partial charge in [0, 0.05) is 0 Å². The Morgan fingerprint density at radius 1 is 1.00 bits per heavy atom. The summed E-state index contributed by atoms with van der Waals surface area (Å²) < 4.78 is 0. The Balaban J connectivity index is 1.82. The van der Waals surface area contributed by atoms with E-state index in [4.69, 9.17) is 0 Å². The van der Waals surface area contributed by atoms with Gasteiger partial charge in [0.05, 0.1) is 0 Å². The number of allylic oxidation sites excluding steroid dienone is 4. The molecule has 0 atom stereocenters. The maximum Gasteiger partial charge on any atom is -0.00855 e. The monoisotopic (exact) mass is 238 g/mol. The lowest BCUT2D eigenvalue weighted by Gasteiger charge is -2.08. The summed E-state index contributed by atoms with van der Waals surface area (Å²) in [5.74, 6) is 0.856. The van der Waals surface area contributed by atoms with Gasteiger partial charge in [-0.25, -0.2) is 0 Å². The molecule has 0 unspecified atom stereocenters. The van der Waals surface area contributed by atoms with E-state index < -0.39 is 0 Å². The number of rotatable bonds is 2. The second-order valence-corrected chi connectivity index (χ2v) is 5.86. The van der Waals surface area contributed by atoms with Crippen LogP contribution in [0.2, 0.25) is 0 Å². The first-order chi connectivity index (χ1) is 8.74. The van der Waals surface area contributed by atoms with Gasteiger partial charge in [-0.3, -0.25) is 0 Å². The van der Waals surface area contributed by atoms with Crippen molar-refractivity contribution in [2.24, 2.45) is 5.92 Å². The third-order valence-corrected chi connectivity index (χ3v) is 4.60. The van der Waals surface area contributed by atoms with Crippen LogP contribution in [0.1, 0.15) is 48.8 Å². The molecule has 1 saturated carbocycles. The van der Waals surface area contributed by atoms with E-state index in [2.05, 4.69) is 44.2 Å². The average Bonchev–Trinajstić information content (AvgIpc) is 3.01. The van der Waals surface area contributed by atoms with Crippen molar-refractivity contribution in [2.75, 3.05) is 0 Å². The number of hydrogen-bond acceptors (Lipinski definition) is 0. The molecule has 18 heavy (non-hydrogen) atoms. The highest BCUT2D eigenvalue weighted by atomic mass is 14.3. The molecule has 0 heterocycles. The Hall–Kier alpha value is -1.30. The van der Waals surface area contributed by atoms with Crippen LogP contribution < -0.4 is 0 Å². The van der Waals surface area contributed by atoms with Gasteiger partial charge in [0.25, 0.3) is 0 Å². The van der Waals surface area contributed by atoms with Crippen molar-refractivity contribution in [2.45, 2.75) is 46.0 Å². The average molecular weight is 238 g/mol. The highest BCUT2D eigenvalue weighted by molar-refractivity contribution is 5.73. The first-order valence-electron chi connectivity index (χ1n) is 7.22. The lowest BCUT2D eigenvalue weighted by atomic mass is 9.97. The van der Waals surface area contributed by atoms with E-state index >= 15 is 0 Å². The van der Waals surface area contributed by atoms with Crippen molar-refractivity contribution in [3.8, 4) is 0 Å². The standard InChI is InChI=1S/C18H22/c1-13-7-8-16(11-14(13)2)18-10-9-17(12-18)15-5-3-4-6-15/h7-9,11-12,15H,3-6,10H2,1-2H3. The Morgan fingerprint density at radius 2 is 1.78 bits per heavy atom. The summed E-state index contributed by atoms with van der Waals surface area (Å²) in [6.45, 7) is 4.39. The predicted octanol–water partition coefficient (Wildman–Crippen LogP) is 5.21. The quantitative estimate of drug-likeness (QED) is 0.663. The molecule has 0 saturated heterocycles. The van der Waals surface area contributed by atoms with E-state index in [0.717, 1.165) is 12.3 Å². The summed E-state index contributed by atoms with van der Waals surface area (Å²) >= 11 is 0. The lowest BCUT2D eigenvalue weighted by Crippen LogP contribution is -1.93. The third kappa shape index (κ3) is 2.16. The Kier molecular flexibility index (Phi) is 3.11. The maximum absolute atomic E-state index is 2.46. The minimum absolute atomic E-state index is 0.856. The zero-order valence-corrected chi connectivity index (χ0v) is 11.5.